The highest BCUT2D eigenvalue weighted by atomic mass is 32.2. The minimum atomic E-state index is -0.186. The van der Waals surface area contributed by atoms with E-state index in [1.165, 1.54) is 11.8 Å². The quantitative estimate of drug-likeness (QED) is 0.443. The van der Waals surface area contributed by atoms with Gasteiger partial charge in [0.1, 0.15) is 5.84 Å². The number of benzene rings is 1. The molecule has 0 radical (unpaired) electrons. The van der Waals surface area contributed by atoms with Gasteiger partial charge in [0, 0.05) is 17.4 Å². The number of hydrogen-bond acceptors (Lipinski definition) is 4. The fourth-order valence-electron chi connectivity index (χ4n) is 1.78. The predicted octanol–water partition coefficient (Wildman–Crippen LogP) is 1.73. The first-order valence-electron chi connectivity index (χ1n) is 6.22. The molecule has 0 bridgehead atoms. The number of nitrogens with one attached hydrogen (secondary N) is 2. The van der Waals surface area contributed by atoms with E-state index in [9.17, 15) is 4.79 Å². The van der Waals surface area contributed by atoms with E-state index in [0.717, 1.165) is 5.56 Å². The van der Waals surface area contributed by atoms with E-state index in [1.54, 1.807) is 4.57 Å². The number of amidine groups is 1. The molecule has 20 heavy (non-hydrogen) atoms. The molecule has 4 N–H and O–H groups in total. The van der Waals surface area contributed by atoms with Gasteiger partial charge in [0.05, 0.1) is 0 Å². The number of H-pyrrole nitrogens is 1. The van der Waals surface area contributed by atoms with E-state index < -0.39 is 0 Å². The molecule has 1 heterocycles. The second-order valence-corrected chi connectivity index (χ2v) is 5.62. The third kappa shape index (κ3) is 3.11. The lowest BCUT2D eigenvalue weighted by Crippen LogP contribution is -2.19. The van der Waals surface area contributed by atoms with Crippen LogP contribution in [-0.2, 0) is 5.75 Å². The monoisotopic (exact) mass is 291 g/mol. The Hall–Kier alpha value is -2.02. The molecule has 0 unspecified atom stereocenters. The van der Waals surface area contributed by atoms with Crippen molar-refractivity contribution in [2.75, 3.05) is 0 Å². The van der Waals surface area contributed by atoms with Gasteiger partial charge in [-0.05, 0) is 19.4 Å². The van der Waals surface area contributed by atoms with Gasteiger partial charge in [-0.3, -0.25) is 9.98 Å². The topological polar surface area (TPSA) is 101 Å². The van der Waals surface area contributed by atoms with E-state index in [0.29, 0.717) is 16.5 Å². The van der Waals surface area contributed by atoms with Crippen LogP contribution in [0.3, 0.4) is 0 Å². The summed E-state index contributed by atoms with van der Waals surface area (Å²) in [5.41, 5.74) is 7.02. The largest absolute Gasteiger partial charge is 0.384 e. The predicted molar refractivity (Wildman–Crippen MR) is 80.3 cm³/mol. The van der Waals surface area contributed by atoms with Crippen LogP contribution in [0.4, 0.5) is 0 Å². The van der Waals surface area contributed by atoms with E-state index >= 15 is 0 Å². The Morgan fingerprint density at radius 1 is 1.45 bits per heavy atom. The zero-order valence-electron chi connectivity index (χ0n) is 11.4. The standard InChI is InChI=1S/C13H17N5OS/c1-8(2)18-12(19)16-17-13(18)20-7-9-3-5-10(6-4-9)11(14)15/h3-6,8H,7H2,1-2H3,(H3,14,15)(H,16,19). The number of hydrogen-bond donors (Lipinski definition) is 3. The van der Waals surface area contributed by atoms with E-state index in [-0.39, 0.29) is 17.6 Å². The molecular formula is C13H17N5OS. The lowest BCUT2D eigenvalue weighted by atomic mass is 10.1. The number of aromatic amines is 1. The van der Waals surface area contributed by atoms with Crippen LogP contribution >= 0.6 is 11.8 Å². The number of rotatable bonds is 5. The summed E-state index contributed by atoms with van der Waals surface area (Å²) in [6.45, 7) is 3.89. The Morgan fingerprint density at radius 2 is 2.10 bits per heavy atom. The molecule has 0 amide bonds. The van der Waals surface area contributed by atoms with Gasteiger partial charge in [-0.2, -0.15) is 0 Å². The van der Waals surface area contributed by atoms with Gasteiger partial charge in [0.15, 0.2) is 5.16 Å². The van der Waals surface area contributed by atoms with Crippen molar-refractivity contribution in [2.24, 2.45) is 5.73 Å². The normalized spacial score (nSPS) is 10.9. The fourth-order valence-corrected chi connectivity index (χ4v) is 2.81. The van der Waals surface area contributed by atoms with Crippen LogP contribution in [0.15, 0.2) is 34.2 Å². The highest BCUT2D eigenvalue weighted by molar-refractivity contribution is 7.98. The first-order valence-corrected chi connectivity index (χ1v) is 7.20. The Morgan fingerprint density at radius 3 is 2.65 bits per heavy atom. The third-order valence-corrected chi connectivity index (χ3v) is 3.85. The zero-order chi connectivity index (χ0) is 14.7. The summed E-state index contributed by atoms with van der Waals surface area (Å²) in [4.78, 5) is 11.6. The number of nitrogens with zero attached hydrogens (tertiary/aromatic N) is 2. The van der Waals surface area contributed by atoms with Crippen molar-refractivity contribution in [3.05, 3.63) is 45.9 Å². The molecule has 0 saturated carbocycles. The Bertz CT molecular complexity index is 656. The summed E-state index contributed by atoms with van der Waals surface area (Å²) in [6.07, 6.45) is 0. The SMILES string of the molecule is CC(C)n1c(SCc2ccc(C(=N)N)cc2)n[nH]c1=O. The summed E-state index contributed by atoms with van der Waals surface area (Å²) in [5.74, 6) is 0.764. The molecule has 0 spiro atoms. The Kier molecular flexibility index (Phi) is 4.29. The van der Waals surface area contributed by atoms with Crippen molar-refractivity contribution in [1.82, 2.24) is 14.8 Å². The lowest BCUT2D eigenvalue weighted by Gasteiger charge is -2.08. The summed E-state index contributed by atoms with van der Waals surface area (Å²) in [5, 5.41) is 14.5. The highest BCUT2D eigenvalue weighted by Crippen LogP contribution is 2.21. The molecule has 0 aliphatic heterocycles. The second-order valence-electron chi connectivity index (χ2n) is 4.67. The number of thioether (sulfide) groups is 1. The van der Waals surface area contributed by atoms with Crippen LogP contribution in [0, 0.1) is 5.41 Å². The van der Waals surface area contributed by atoms with Crippen LogP contribution in [0.5, 0.6) is 0 Å². The second kappa shape index (κ2) is 5.96. The van der Waals surface area contributed by atoms with Gasteiger partial charge in [-0.1, -0.05) is 36.0 Å². The number of nitrogens with two attached hydrogens (primary N) is 1. The van der Waals surface area contributed by atoms with Crippen LogP contribution < -0.4 is 11.4 Å². The maximum atomic E-state index is 11.6. The first-order chi connectivity index (χ1) is 9.49. The smallest absolute Gasteiger partial charge is 0.344 e. The van der Waals surface area contributed by atoms with Gasteiger partial charge in [-0.15, -0.1) is 5.10 Å². The Balaban J connectivity index is 2.09. The summed E-state index contributed by atoms with van der Waals surface area (Å²) in [6, 6.07) is 7.56. The molecule has 2 rings (SSSR count). The molecule has 1 aromatic carbocycles. The molecule has 0 atom stereocenters. The molecule has 1 aromatic heterocycles. The molecular weight excluding hydrogens is 274 g/mol. The van der Waals surface area contributed by atoms with Crippen LogP contribution in [0.2, 0.25) is 0 Å². The van der Waals surface area contributed by atoms with E-state index in [4.69, 9.17) is 11.1 Å². The molecule has 0 fully saturated rings. The van der Waals surface area contributed by atoms with Crippen molar-refractivity contribution in [3.8, 4) is 0 Å². The molecule has 106 valence electrons. The van der Waals surface area contributed by atoms with Gasteiger partial charge in [0.25, 0.3) is 0 Å². The molecule has 2 aromatic rings. The highest BCUT2D eigenvalue weighted by Gasteiger charge is 2.11. The maximum absolute atomic E-state index is 11.6. The summed E-state index contributed by atoms with van der Waals surface area (Å²) < 4.78 is 1.63. The van der Waals surface area contributed by atoms with Crippen molar-refractivity contribution in [2.45, 2.75) is 30.8 Å². The summed E-state index contributed by atoms with van der Waals surface area (Å²) >= 11 is 1.50. The van der Waals surface area contributed by atoms with Crippen molar-refractivity contribution < 1.29 is 0 Å². The minimum absolute atomic E-state index is 0.0603. The fraction of sp³-hybridized carbons (Fsp3) is 0.308. The molecule has 6 nitrogen and oxygen atoms in total. The summed E-state index contributed by atoms with van der Waals surface area (Å²) in [7, 11) is 0. The average molecular weight is 291 g/mol. The van der Waals surface area contributed by atoms with Crippen LogP contribution in [0.1, 0.15) is 31.0 Å². The van der Waals surface area contributed by atoms with Gasteiger partial charge in [-0.25, -0.2) is 9.89 Å². The van der Waals surface area contributed by atoms with Crippen molar-refractivity contribution in [1.29, 1.82) is 5.41 Å². The molecule has 0 aliphatic rings. The van der Waals surface area contributed by atoms with E-state index in [1.807, 2.05) is 38.1 Å². The van der Waals surface area contributed by atoms with Crippen molar-refractivity contribution in [3.63, 3.8) is 0 Å². The average Bonchev–Trinajstić information content (AvgIpc) is 2.78. The van der Waals surface area contributed by atoms with Crippen LogP contribution in [-0.4, -0.2) is 20.6 Å². The minimum Gasteiger partial charge on any atom is -0.384 e. The Labute approximate surface area is 120 Å². The van der Waals surface area contributed by atoms with Gasteiger partial charge in [0.2, 0.25) is 0 Å². The van der Waals surface area contributed by atoms with Crippen molar-refractivity contribution >= 4 is 17.6 Å². The molecule has 0 saturated heterocycles. The third-order valence-electron chi connectivity index (χ3n) is 2.82. The van der Waals surface area contributed by atoms with Gasteiger partial charge >= 0.3 is 5.69 Å². The van der Waals surface area contributed by atoms with E-state index in [2.05, 4.69) is 10.2 Å². The zero-order valence-corrected chi connectivity index (χ0v) is 12.2. The molecule has 0 aliphatic carbocycles. The number of nitrogen functional groups attached to an aromatic ring is 1. The maximum Gasteiger partial charge on any atom is 0.344 e. The number of aromatic nitrogens is 3. The lowest BCUT2D eigenvalue weighted by molar-refractivity contribution is 0.534. The van der Waals surface area contributed by atoms with Crippen LogP contribution in [0.25, 0.3) is 0 Å². The molecule has 7 heteroatoms. The first kappa shape index (κ1) is 14.4. The van der Waals surface area contributed by atoms with Gasteiger partial charge < -0.3 is 5.73 Å².